The lowest BCUT2D eigenvalue weighted by molar-refractivity contribution is -0.116. The van der Waals surface area contributed by atoms with E-state index in [1.807, 2.05) is 74.4 Å². The van der Waals surface area contributed by atoms with Gasteiger partial charge in [-0.2, -0.15) is 0 Å². The molecular weight excluding hydrogens is 302 g/mol. The van der Waals surface area contributed by atoms with Gasteiger partial charge >= 0.3 is 0 Å². The van der Waals surface area contributed by atoms with Crippen molar-refractivity contribution in [1.29, 1.82) is 0 Å². The summed E-state index contributed by atoms with van der Waals surface area (Å²) in [6.45, 7) is 1.46. The highest BCUT2D eigenvalue weighted by Crippen LogP contribution is 2.25. The number of carbonyl (C=O) groups is 1. The van der Waals surface area contributed by atoms with Crippen LogP contribution in [0.5, 0.6) is 0 Å². The number of rotatable bonds is 2. The van der Waals surface area contributed by atoms with Crippen LogP contribution in [0.2, 0.25) is 0 Å². The van der Waals surface area contributed by atoms with Crippen LogP contribution in [0.4, 0.5) is 11.4 Å². The average molecular weight is 323 g/mol. The largest absolute Gasteiger partial charge is 0.456 e. The Morgan fingerprint density at radius 3 is 1.71 bits per heavy atom. The van der Waals surface area contributed by atoms with Gasteiger partial charge in [0.2, 0.25) is 5.91 Å². The first-order valence-corrected chi connectivity index (χ1v) is 7.77. The fourth-order valence-electron chi connectivity index (χ4n) is 2.68. The average Bonchev–Trinajstić information content (AvgIpc) is 2.52. The fraction of sp³-hybridized carbons (Fsp3) is 0.263. The number of hydrogen-bond donors (Lipinski definition) is 0. The van der Waals surface area contributed by atoms with E-state index in [1.165, 1.54) is 6.92 Å². The molecule has 0 aliphatic heterocycles. The van der Waals surface area contributed by atoms with Gasteiger partial charge in [0, 0.05) is 69.4 Å². The standard InChI is InChI=1S/C19H21N3O2/c1-12(23)20-19-15-8-6-13(21(2)3)10-17(15)24-18-11-14(22(4)5)7-9-16(18)19/h6-11H,1-5H3. The van der Waals surface area contributed by atoms with Gasteiger partial charge in [0.15, 0.2) is 0 Å². The van der Waals surface area contributed by atoms with E-state index in [0.29, 0.717) is 16.5 Å². The van der Waals surface area contributed by atoms with Crippen molar-refractivity contribution in [1.82, 2.24) is 0 Å². The van der Waals surface area contributed by atoms with E-state index in [4.69, 9.17) is 4.42 Å². The molecule has 2 aromatic carbocycles. The molecule has 0 saturated carbocycles. The third-order valence-corrected chi connectivity index (χ3v) is 3.96. The third kappa shape index (κ3) is 2.85. The van der Waals surface area contributed by atoms with Crippen LogP contribution in [0.15, 0.2) is 45.8 Å². The molecule has 0 aliphatic carbocycles. The van der Waals surface area contributed by atoms with E-state index < -0.39 is 0 Å². The predicted octanol–water partition coefficient (Wildman–Crippen LogP) is 3.17. The molecule has 5 heteroatoms. The van der Waals surface area contributed by atoms with E-state index >= 15 is 0 Å². The highest BCUT2D eigenvalue weighted by atomic mass is 16.3. The summed E-state index contributed by atoms with van der Waals surface area (Å²) in [5.74, 6) is -0.225. The van der Waals surface area contributed by atoms with Crippen molar-refractivity contribution < 1.29 is 9.21 Å². The molecule has 1 amide bonds. The van der Waals surface area contributed by atoms with Crippen LogP contribution >= 0.6 is 0 Å². The zero-order chi connectivity index (χ0) is 17.4. The molecule has 0 spiro atoms. The first kappa shape index (κ1) is 16.1. The zero-order valence-electron chi connectivity index (χ0n) is 14.6. The van der Waals surface area contributed by atoms with Crippen molar-refractivity contribution in [3.05, 3.63) is 41.8 Å². The maximum absolute atomic E-state index is 11.6. The lowest BCUT2D eigenvalue weighted by Crippen LogP contribution is -2.12. The van der Waals surface area contributed by atoms with Gasteiger partial charge in [-0.25, -0.2) is 4.99 Å². The molecule has 0 N–H and O–H groups in total. The minimum Gasteiger partial charge on any atom is -0.456 e. The summed E-state index contributed by atoms with van der Waals surface area (Å²) in [7, 11) is 7.92. The summed E-state index contributed by atoms with van der Waals surface area (Å²) in [5.41, 5.74) is 3.49. The summed E-state index contributed by atoms with van der Waals surface area (Å²) < 4.78 is 6.13. The lowest BCUT2D eigenvalue weighted by Gasteiger charge is -2.15. The van der Waals surface area contributed by atoms with Crippen LogP contribution in [0.1, 0.15) is 6.92 Å². The second-order valence-electron chi connectivity index (χ2n) is 6.23. The predicted molar refractivity (Wildman–Crippen MR) is 98.6 cm³/mol. The Hall–Kier alpha value is -2.82. The Bertz CT molecular complexity index is 932. The number of benzene rings is 2. The zero-order valence-corrected chi connectivity index (χ0v) is 14.6. The van der Waals surface area contributed by atoms with E-state index in [-0.39, 0.29) is 5.91 Å². The second kappa shape index (κ2) is 6.00. The van der Waals surface area contributed by atoms with Crippen LogP contribution in [0.3, 0.4) is 0 Å². The lowest BCUT2D eigenvalue weighted by atomic mass is 10.1. The van der Waals surface area contributed by atoms with Crippen LogP contribution in [0.25, 0.3) is 21.9 Å². The molecule has 0 bridgehead atoms. The summed E-state index contributed by atoms with van der Waals surface area (Å²) in [5, 5.41) is 2.33. The highest BCUT2D eigenvalue weighted by molar-refractivity contribution is 5.93. The van der Waals surface area contributed by atoms with Crippen molar-refractivity contribution in [3.63, 3.8) is 0 Å². The van der Waals surface area contributed by atoms with Gasteiger partial charge in [-0.15, -0.1) is 0 Å². The van der Waals surface area contributed by atoms with Crippen molar-refractivity contribution in [2.75, 3.05) is 38.0 Å². The maximum atomic E-state index is 11.6. The summed E-state index contributed by atoms with van der Waals surface area (Å²) >= 11 is 0. The third-order valence-electron chi connectivity index (χ3n) is 3.96. The van der Waals surface area contributed by atoms with Gasteiger partial charge in [0.05, 0.1) is 5.36 Å². The molecule has 0 atom stereocenters. The van der Waals surface area contributed by atoms with Gasteiger partial charge in [-0.1, -0.05) is 0 Å². The molecule has 0 fully saturated rings. The number of fused-ring (bicyclic) bond motifs is 2. The van der Waals surface area contributed by atoms with Crippen LogP contribution in [-0.4, -0.2) is 34.1 Å². The van der Waals surface area contributed by atoms with Gasteiger partial charge in [0.1, 0.15) is 11.2 Å². The monoisotopic (exact) mass is 323 g/mol. The highest BCUT2D eigenvalue weighted by Gasteiger charge is 2.10. The molecule has 3 aromatic rings. The van der Waals surface area contributed by atoms with Gasteiger partial charge < -0.3 is 14.2 Å². The molecule has 0 radical (unpaired) electrons. The molecule has 124 valence electrons. The smallest absolute Gasteiger partial charge is 0.243 e. The number of amides is 1. The summed E-state index contributed by atoms with van der Waals surface area (Å²) in [6.07, 6.45) is 0. The topological polar surface area (TPSA) is 49.1 Å². The first-order chi connectivity index (χ1) is 11.4. The molecule has 5 nitrogen and oxygen atoms in total. The van der Waals surface area contributed by atoms with Crippen molar-refractivity contribution in [2.45, 2.75) is 6.92 Å². The molecule has 0 aliphatic rings. The van der Waals surface area contributed by atoms with Gasteiger partial charge in [0.25, 0.3) is 0 Å². The number of nitrogens with zero attached hydrogens (tertiary/aromatic N) is 3. The van der Waals surface area contributed by atoms with Crippen LogP contribution in [-0.2, 0) is 4.79 Å². The minimum absolute atomic E-state index is 0.225. The molecule has 24 heavy (non-hydrogen) atoms. The molecule has 0 saturated heterocycles. The molecule has 0 unspecified atom stereocenters. The van der Waals surface area contributed by atoms with E-state index in [1.54, 1.807) is 0 Å². The van der Waals surface area contributed by atoms with E-state index in [0.717, 1.165) is 22.1 Å². The molecule has 1 aromatic heterocycles. The number of hydrogen-bond acceptors (Lipinski definition) is 4. The molecule has 1 heterocycles. The first-order valence-electron chi connectivity index (χ1n) is 7.77. The SMILES string of the molecule is CC(=O)N=c1c2ccc(N(C)C)cc2oc2cc(N(C)C)ccc12. The number of carbonyl (C=O) groups excluding carboxylic acids is 1. The maximum Gasteiger partial charge on any atom is 0.243 e. The van der Waals surface area contributed by atoms with Crippen LogP contribution in [0, 0.1) is 0 Å². The fourth-order valence-corrected chi connectivity index (χ4v) is 2.68. The quantitative estimate of drug-likeness (QED) is 0.680. The number of anilines is 2. The Morgan fingerprint density at radius 1 is 0.875 bits per heavy atom. The Morgan fingerprint density at radius 2 is 1.33 bits per heavy atom. The van der Waals surface area contributed by atoms with E-state index in [2.05, 4.69) is 4.99 Å². The van der Waals surface area contributed by atoms with Gasteiger partial charge in [-0.05, 0) is 24.3 Å². The normalized spacial score (nSPS) is 10.9. The Balaban J connectivity index is 2.45. The van der Waals surface area contributed by atoms with Crippen molar-refractivity contribution >= 4 is 39.2 Å². The summed E-state index contributed by atoms with van der Waals surface area (Å²) in [6, 6.07) is 11.8. The minimum atomic E-state index is -0.225. The van der Waals surface area contributed by atoms with Crippen LogP contribution < -0.4 is 15.2 Å². The molecule has 3 rings (SSSR count). The van der Waals surface area contributed by atoms with Crippen molar-refractivity contribution in [2.24, 2.45) is 4.99 Å². The van der Waals surface area contributed by atoms with Gasteiger partial charge in [-0.3, -0.25) is 4.79 Å². The second-order valence-corrected chi connectivity index (χ2v) is 6.23. The Labute approximate surface area is 140 Å². The summed E-state index contributed by atoms with van der Waals surface area (Å²) in [4.78, 5) is 19.9. The molecular formula is C19H21N3O2. The Kier molecular flexibility index (Phi) is 4.01. The van der Waals surface area contributed by atoms with Crippen molar-refractivity contribution in [3.8, 4) is 0 Å². The van der Waals surface area contributed by atoms with E-state index in [9.17, 15) is 4.79 Å².